The molecule has 0 aromatic carbocycles. The van der Waals surface area contributed by atoms with E-state index in [-0.39, 0.29) is 6.61 Å². The maximum absolute atomic E-state index is 10.9. The Morgan fingerprint density at radius 2 is 2.03 bits per heavy atom. The minimum atomic E-state index is -4.34. The number of nitrogens with zero attached hydrogens (tertiary/aromatic N) is 4. The van der Waals surface area contributed by atoms with Crippen molar-refractivity contribution in [3.8, 4) is 0 Å². The summed E-state index contributed by atoms with van der Waals surface area (Å²) >= 11 is 0. The van der Waals surface area contributed by atoms with E-state index in [0.717, 1.165) is 24.2 Å². The minimum Gasteiger partial charge on any atom is -0.387 e. The van der Waals surface area contributed by atoms with Gasteiger partial charge in [0.1, 0.15) is 24.7 Å². The molecule has 2 aliphatic rings. The molecule has 0 spiro atoms. The highest BCUT2D eigenvalue weighted by Gasteiger charge is 2.45. The van der Waals surface area contributed by atoms with Crippen molar-refractivity contribution in [2.24, 2.45) is 0 Å². The van der Waals surface area contributed by atoms with Crippen LogP contribution in [0.2, 0.25) is 0 Å². The highest BCUT2D eigenvalue weighted by molar-refractivity contribution is 7.51. The van der Waals surface area contributed by atoms with Crippen LogP contribution in [0, 0.1) is 6.92 Å². The molecule has 13 heteroatoms. The molecule has 30 heavy (non-hydrogen) atoms. The Balaban J connectivity index is 1.55. The van der Waals surface area contributed by atoms with Gasteiger partial charge in [-0.2, -0.15) is 4.68 Å². The molecule has 1 aliphatic carbocycles. The zero-order valence-electron chi connectivity index (χ0n) is 16.5. The molecule has 4 atom stereocenters. The quantitative estimate of drug-likeness (QED) is 0.372. The number of nitrogens with one attached hydrogen (secondary N) is 1. The molecule has 0 unspecified atom stereocenters. The highest BCUT2D eigenvalue weighted by atomic mass is 31.2. The van der Waals surface area contributed by atoms with Crippen LogP contribution in [0.15, 0.2) is 6.07 Å². The Kier molecular flexibility index (Phi) is 6.08. The van der Waals surface area contributed by atoms with Crippen LogP contribution in [0.4, 0.5) is 5.69 Å². The van der Waals surface area contributed by atoms with E-state index in [1.54, 1.807) is 0 Å². The summed E-state index contributed by atoms with van der Waals surface area (Å²) in [5.74, 6) is 0. The maximum Gasteiger partial charge on any atom is 0.350 e. The van der Waals surface area contributed by atoms with Crippen LogP contribution in [0.3, 0.4) is 0 Å². The van der Waals surface area contributed by atoms with Gasteiger partial charge in [0.05, 0.1) is 12.3 Å². The normalized spacial score (nSPS) is 27.9. The highest BCUT2D eigenvalue weighted by Crippen LogP contribution is 2.36. The number of aliphatic hydroxyl groups excluding tert-OH is 2. The molecule has 2 aromatic heterocycles. The van der Waals surface area contributed by atoms with Crippen LogP contribution in [0.1, 0.15) is 37.6 Å². The van der Waals surface area contributed by atoms with Crippen LogP contribution >= 0.6 is 7.60 Å². The lowest BCUT2D eigenvalue weighted by molar-refractivity contribution is -0.0665. The Bertz CT molecular complexity index is 944. The van der Waals surface area contributed by atoms with Crippen molar-refractivity contribution in [1.29, 1.82) is 0 Å². The zero-order chi connectivity index (χ0) is 21.5. The van der Waals surface area contributed by atoms with Gasteiger partial charge in [0.15, 0.2) is 17.4 Å². The predicted octanol–water partition coefficient (Wildman–Crippen LogP) is 0.260. The molecule has 0 radical (unpaired) electrons. The van der Waals surface area contributed by atoms with Crippen LogP contribution in [0.25, 0.3) is 11.2 Å². The first-order valence-electron chi connectivity index (χ1n) is 9.86. The number of rotatable bonds is 7. The fourth-order valence-electron chi connectivity index (χ4n) is 3.97. The van der Waals surface area contributed by atoms with Gasteiger partial charge in [0.2, 0.25) is 0 Å². The summed E-state index contributed by atoms with van der Waals surface area (Å²) in [6, 6.07) is 2.27. The van der Waals surface area contributed by atoms with Crippen molar-refractivity contribution >= 4 is 24.4 Å². The SMILES string of the molecule is Cc1cc(NC2CCCC2)c2nnn([C@@H]3O[C@H](COCP(=O)(O)O)[C@@H](O)[C@H]3O)c2n1. The van der Waals surface area contributed by atoms with Crippen molar-refractivity contribution in [2.45, 2.75) is 63.2 Å². The van der Waals surface area contributed by atoms with Crippen LogP contribution < -0.4 is 5.32 Å². The van der Waals surface area contributed by atoms with Crippen molar-refractivity contribution in [3.63, 3.8) is 0 Å². The van der Waals surface area contributed by atoms with Gasteiger partial charge < -0.3 is 34.8 Å². The van der Waals surface area contributed by atoms with E-state index in [1.807, 2.05) is 13.0 Å². The maximum atomic E-state index is 10.9. The standard InChI is InChI=1S/C17H26N5O7P/c1-9-6-11(19-10-4-2-3-5-10)13-16(18-9)22(21-20-13)17-15(24)14(23)12(29-17)7-28-8-30(25,26)27/h6,10,12,14-15,17,23-24H,2-5,7-8H2,1H3,(H,18,19)(H2,25,26,27)/t12-,14-,15-,17-/m1/s1. The number of hydrogen-bond donors (Lipinski definition) is 5. The topological polar surface area (TPSA) is 172 Å². The van der Waals surface area contributed by atoms with E-state index in [0.29, 0.717) is 17.2 Å². The minimum absolute atomic E-state index is 0.298. The Hall–Kier alpha value is -1.66. The van der Waals surface area contributed by atoms with Crippen molar-refractivity contribution in [2.75, 3.05) is 18.3 Å². The first-order chi connectivity index (χ1) is 14.2. The van der Waals surface area contributed by atoms with E-state index >= 15 is 0 Å². The number of hydrogen-bond acceptors (Lipinski definition) is 9. The molecule has 166 valence electrons. The number of fused-ring (bicyclic) bond motifs is 1. The lowest BCUT2D eigenvalue weighted by Gasteiger charge is -2.16. The third-order valence-corrected chi connectivity index (χ3v) is 5.91. The van der Waals surface area contributed by atoms with Crippen molar-refractivity contribution < 1.29 is 34.0 Å². The molecule has 0 amide bonds. The van der Waals surface area contributed by atoms with Gasteiger partial charge in [0, 0.05) is 11.7 Å². The molecule has 3 heterocycles. The molecule has 1 saturated heterocycles. The number of anilines is 1. The van der Waals surface area contributed by atoms with Gasteiger partial charge >= 0.3 is 7.60 Å². The predicted molar refractivity (Wildman–Crippen MR) is 105 cm³/mol. The van der Waals surface area contributed by atoms with Crippen LogP contribution in [-0.4, -0.2) is 77.3 Å². The number of aliphatic hydroxyl groups is 2. The number of aromatic nitrogens is 4. The lowest BCUT2D eigenvalue weighted by atomic mass is 10.1. The summed E-state index contributed by atoms with van der Waals surface area (Å²) in [4.78, 5) is 22.2. The van der Waals surface area contributed by atoms with Gasteiger partial charge in [-0.15, -0.1) is 5.10 Å². The number of pyridine rings is 1. The monoisotopic (exact) mass is 443 g/mol. The average Bonchev–Trinajstić information content (AvgIpc) is 3.37. The Labute approximate surface area is 172 Å². The summed E-state index contributed by atoms with van der Waals surface area (Å²) < 4.78 is 22.9. The zero-order valence-corrected chi connectivity index (χ0v) is 17.4. The molecule has 2 fully saturated rings. The summed E-state index contributed by atoms with van der Waals surface area (Å²) in [7, 11) is -4.34. The molecule has 4 rings (SSSR count). The van der Waals surface area contributed by atoms with Gasteiger partial charge in [-0.25, -0.2) is 4.98 Å². The van der Waals surface area contributed by atoms with Crippen LogP contribution in [0.5, 0.6) is 0 Å². The van der Waals surface area contributed by atoms with Crippen molar-refractivity contribution in [3.05, 3.63) is 11.8 Å². The van der Waals surface area contributed by atoms with E-state index < -0.39 is 38.5 Å². The third kappa shape index (κ3) is 4.50. The van der Waals surface area contributed by atoms with Gasteiger partial charge in [0.25, 0.3) is 0 Å². The van der Waals surface area contributed by atoms with Gasteiger partial charge in [-0.1, -0.05) is 18.1 Å². The largest absolute Gasteiger partial charge is 0.387 e. The summed E-state index contributed by atoms with van der Waals surface area (Å²) in [5, 5.41) is 32.6. The van der Waals surface area contributed by atoms with Gasteiger partial charge in [-0.3, -0.25) is 4.57 Å². The van der Waals surface area contributed by atoms with Crippen molar-refractivity contribution in [1.82, 2.24) is 20.0 Å². The Morgan fingerprint density at radius 1 is 1.30 bits per heavy atom. The molecule has 12 nitrogen and oxygen atoms in total. The fourth-order valence-corrected chi connectivity index (χ4v) is 4.31. The molecule has 2 aromatic rings. The average molecular weight is 443 g/mol. The number of aryl methyl sites for hydroxylation is 1. The van der Waals surface area contributed by atoms with E-state index in [4.69, 9.17) is 19.3 Å². The molecular weight excluding hydrogens is 417 g/mol. The second-order valence-electron chi connectivity index (χ2n) is 7.85. The second-order valence-corrected chi connectivity index (χ2v) is 9.44. The molecule has 1 saturated carbocycles. The molecular formula is C17H26N5O7P. The summed E-state index contributed by atoms with van der Waals surface area (Å²) in [6.45, 7) is 1.55. The Morgan fingerprint density at radius 3 is 2.73 bits per heavy atom. The smallest absolute Gasteiger partial charge is 0.350 e. The summed E-state index contributed by atoms with van der Waals surface area (Å²) in [5.41, 5.74) is 2.49. The molecule has 0 bridgehead atoms. The number of ether oxygens (including phenoxy) is 2. The first kappa shape index (κ1) is 21.6. The summed E-state index contributed by atoms with van der Waals surface area (Å²) in [6.07, 6.45) is -0.984. The van der Waals surface area contributed by atoms with E-state index in [9.17, 15) is 14.8 Å². The van der Waals surface area contributed by atoms with E-state index in [1.165, 1.54) is 17.5 Å². The van der Waals surface area contributed by atoms with E-state index in [2.05, 4.69) is 20.6 Å². The van der Waals surface area contributed by atoms with Crippen LogP contribution in [-0.2, 0) is 14.0 Å². The molecule has 1 aliphatic heterocycles. The third-order valence-electron chi connectivity index (χ3n) is 5.40. The fraction of sp³-hybridized carbons (Fsp3) is 0.706. The second kappa shape index (κ2) is 8.46. The lowest BCUT2D eigenvalue weighted by Crippen LogP contribution is -2.34. The molecule has 5 N–H and O–H groups in total. The first-order valence-corrected chi connectivity index (χ1v) is 11.7. The van der Waals surface area contributed by atoms with Gasteiger partial charge in [-0.05, 0) is 25.8 Å².